The number of carbonyl (C=O) groups excluding carboxylic acids is 1. The Morgan fingerprint density at radius 3 is 2.67 bits per heavy atom. The van der Waals surface area contributed by atoms with Crippen molar-refractivity contribution in [1.82, 2.24) is 0 Å². The molecular formula is C13H13NO. The van der Waals surface area contributed by atoms with Gasteiger partial charge in [0, 0.05) is 0 Å². The molecule has 1 unspecified atom stereocenters. The molecule has 2 N–H and O–H groups in total. The Morgan fingerprint density at radius 1 is 1.27 bits per heavy atom. The molecule has 2 heteroatoms. The third kappa shape index (κ3) is 1.99. The van der Waals surface area contributed by atoms with E-state index in [0.29, 0.717) is 6.42 Å². The lowest BCUT2D eigenvalue weighted by molar-refractivity contribution is -0.120. The van der Waals surface area contributed by atoms with Gasteiger partial charge >= 0.3 is 0 Å². The van der Waals surface area contributed by atoms with Crippen molar-refractivity contribution >= 4 is 11.5 Å². The quantitative estimate of drug-likeness (QED) is 0.779. The number of carbonyl (C=O) groups is 1. The van der Waals surface area contributed by atoms with Crippen molar-refractivity contribution in [1.29, 1.82) is 0 Å². The molecule has 2 rings (SSSR count). The minimum absolute atomic E-state index is 0.183. The zero-order chi connectivity index (χ0) is 10.7. The molecule has 0 spiro atoms. The first kappa shape index (κ1) is 9.71. The van der Waals surface area contributed by atoms with Gasteiger partial charge in [0.05, 0.1) is 5.92 Å². The average Bonchev–Trinajstić information content (AvgIpc) is 2.30. The van der Waals surface area contributed by atoms with Crippen LogP contribution in [0.2, 0.25) is 0 Å². The van der Waals surface area contributed by atoms with Crippen molar-refractivity contribution in [2.24, 2.45) is 11.7 Å². The van der Waals surface area contributed by atoms with Gasteiger partial charge in [-0.25, -0.2) is 0 Å². The van der Waals surface area contributed by atoms with E-state index >= 15 is 0 Å². The molecule has 0 fully saturated rings. The molecular weight excluding hydrogens is 186 g/mol. The van der Waals surface area contributed by atoms with Crippen molar-refractivity contribution in [2.75, 3.05) is 0 Å². The number of hydrogen-bond donors (Lipinski definition) is 1. The minimum atomic E-state index is -0.255. The van der Waals surface area contributed by atoms with Crippen molar-refractivity contribution in [3.8, 4) is 0 Å². The molecule has 1 amide bonds. The molecule has 0 saturated heterocycles. The van der Waals surface area contributed by atoms with Gasteiger partial charge in [-0.05, 0) is 17.6 Å². The molecule has 0 saturated carbocycles. The maximum Gasteiger partial charge on any atom is 0.225 e. The summed E-state index contributed by atoms with van der Waals surface area (Å²) in [6.07, 6.45) is 6.62. The number of primary amides is 1. The van der Waals surface area contributed by atoms with E-state index < -0.39 is 0 Å². The lowest BCUT2D eigenvalue weighted by atomic mass is 9.86. The summed E-state index contributed by atoms with van der Waals surface area (Å²) in [5.41, 5.74) is 7.48. The predicted molar refractivity (Wildman–Crippen MR) is 60.9 cm³/mol. The second kappa shape index (κ2) is 4.13. The summed E-state index contributed by atoms with van der Waals surface area (Å²) in [5.74, 6) is -0.438. The smallest absolute Gasteiger partial charge is 0.225 e. The lowest BCUT2D eigenvalue weighted by Gasteiger charge is -2.18. The molecule has 1 aromatic rings. The summed E-state index contributed by atoms with van der Waals surface area (Å²) in [6.45, 7) is 0. The first-order valence-corrected chi connectivity index (χ1v) is 5.00. The highest BCUT2D eigenvalue weighted by Gasteiger charge is 2.21. The molecule has 1 aliphatic carbocycles. The average molecular weight is 199 g/mol. The number of amides is 1. The summed E-state index contributed by atoms with van der Waals surface area (Å²) < 4.78 is 0. The number of benzene rings is 1. The molecule has 0 heterocycles. The maximum absolute atomic E-state index is 11.3. The molecule has 15 heavy (non-hydrogen) atoms. The Kier molecular flexibility index (Phi) is 2.68. The second-order valence-electron chi connectivity index (χ2n) is 3.61. The molecule has 0 aliphatic heterocycles. The highest BCUT2D eigenvalue weighted by Crippen LogP contribution is 2.29. The molecule has 1 aliphatic rings. The van der Waals surface area contributed by atoms with Gasteiger partial charge in [0.15, 0.2) is 0 Å². The number of hydrogen-bond acceptors (Lipinski definition) is 1. The van der Waals surface area contributed by atoms with E-state index in [1.165, 1.54) is 0 Å². The molecule has 2 nitrogen and oxygen atoms in total. The van der Waals surface area contributed by atoms with Crippen LogP contribution >= 0.6 is 0 Å². The summed E-state index contributed by atoms with van der Waals surface area (Å²) >= 11 is 0. The van der Waals surface area contributed by atoms with Crippen LogP contribution in [0.5, 0.6) is 0 Å². The predicted octanol–water partition coefficient (Wildman–Crippen LogP) is 2.13. The van der Waals surface area contributed by atoms with E-state index in [4.69, 9.17) is 5.73 Å². The van der Waals surface area contributed by atoms with Crippen LogP contribution in [0, 0.1) is 5.92 Å². The Hall–Kier alpha value is -1.83. The first-order valence-electron chi connectivity index (χ1n) is 5.00. The van der Waals surface area contributed by atoms with Gasteiger partial charge in [-0.3, -0.25) is 4.79 Å². The zero-order valence-corrected chi connectivity index (χ0v) is 8.39. The maximum atomic E-state index is 11.3. The Balaban J connectivity index is 2.38. The van der Waals surface area contributed by atoms with Crippen LogP contribution in [0.4, 0.5) is 0 Å². The van der Waals surface area contributed by atoms with Gasteiger partial charge < -0.3 is 5.73 Å². The van der Waals surface area contributed by atoms with E-state index in [-0.39, 0.29) is 11.8 Å². The van der Waals surface area contributed by atoms with E-state index in [0.717, 1.165) is 11.1 Å². The van der Waals surface area contributed by atoms with Crippen LogP contribution in [0.25, 0.3) is 5.57 Å². The third-order valence-corrected chi connectivity index (χ3v) is 2.61. The molecule has 1 aromatic carbocycles. The van der Waals surface area contributed by atoms with Crippen LogP contribution in [0.1, 0.15) is 12.0 Å². The zero-order valence-electron chi connectivity index (χ0n) is 8.39. The topological polar surface area (TPSA) is 43.1 Å². The second-order valence-corrected chi connectivity index (χ2v) is 3.61. The van der Waals surface area contributed by atoms with Gasteiger partial charge in [-0.2, -0.15) is 0 Å². The van der Waals surface area contributed by atoms with Gasteiger partial charge in [-0.1, -0.05) is 48.6 Å². The van der Waals surface area contributed by atoms with E-state index in [2.05, 4.69) is 0 Å². The fraction of sp³-hybridized carbons (Fsp3) is 0.154. The van der Waals surface area contributed by atoms with Gasteiger partial charge in [0.2, 0.25) is 5.91 Å². The summed E-state index contributed by atoms with van der Waals surface area (Å²) in [5, 5.41) is 0. The highest BCUT2D eigenvalue weighted by molar-refractivity contribution is 5.92. The minimum Gasteiger partial charge on any atom is -0.369 e. The summed E-state index contributed by atoms with van der Waals surface area (Å²) in [7, 11) is 0. The highest BCUT2D eigenvalue weighted by atomic mass is 16.1. The standard InChI is InChI=1S/C13H13NO/c14-13(15)12-9-5-4-8-11(12)10-6-2-1-3-7-10/h1-8,12H,9H2,(H2,14,15). The van der Waals surface area contributed by atoms with Crippen LogP contribution < -0.4 is 5.73 Å². The van der Waals surface area contributed by atoms with Crippen LogP contribution in [0.3, 0.4) is 0 Å². The van der Waals surface area contributed by atoms with E-state index in [1.807, 2.05) is 48.6 Å². The van der Waals surface area contributed by atoms with Gasteiger partial charge in [0.25, 0.3) is 0 Å². The molecule has 0 radical (unpaired) electrons. The van der Waals surface area contributed by atoms with E-state index in [9.17, 15) is 4.79 Å². The summed E-state index contributed by atoms with van der Waals surface area (Å²) in [4.78, 5) is 11.3. The fourth-order valence-electron chi connectivity index (χ4n) is 1.83. The van der Waals surface area contributed by atoms with Crippen LogP contribution in [-0.4, -0.2) is 5.91 Å². The molecule has 0 aromatic heterocycles. The largest absolute Gasteiger partial charge is 0.369 e. The Bertz CT molecular complexity index is 417. The van der Waals surface area contributed by atoms with Crippen LogP contribution in [0.15, 0.2) is 48.6 Å². The SMILES string of the molecule is NC(=O)C1CC=CC=C1c1ccccc1. The monoisotopic (exact) mass is 199 g/mol. The Morgan fingerprint density at radius 2 is 2.00 bits per heavy atom. The fourth-order valence-corrected chi connectivity index (χ4v) is 1.83. The van der Waals surface area contributed by atoms with Crippen LogP contribution in [-0.2, 0) is 4.79 Å². The molecule has 1 atom stereocenters. The number of rotatable bonds is 2. The van der Waals surface area contributed by atoms with Gasteiger partial charge in [-0.15, -0.1) is 0 Å². The van der Waals surface area contributed by atoms with Crippen molar-refractivity contribution < 1.29 is 4.79 Å². The number of allylic oxidation sites excluding steroid dienone is 3. The van der Waals surface area contributed by atoms with Crippen molar-refractivity contribution in [3.05, 3.63) is 54.1 Å². The summed E-state index contributed by atoms with van der Waals surface area (Å²) in [6, 6.07) is 9.89. The number of nitrogens with two attached hydrogens (primary N) is 1. The van der Waals surface area contributed by atoms with E-state index in [1.54, 1.807) is 0 Å². The van der Waals surface area contributed by atoms with Crippen molar-refractivity contribution in [3.63, 3.8) is 0 Å². The molecule has 0 bridgehead atoms. The normalized spacial score (nSPS) is 19.7. The lowest BCUT2D eigenvalue weighted by Crippen LogP contribution is -2.24. The first-order chi connectivity index (χ1) is 7.29. The molecule has 76 valence electrons. The van der Waals surface area contributed by atoms with Gasteiger partial charge in [0.1, 0.15) is 0 Å². The Labute approximate surface area is 89.1 Å². The third-order valence-electron chi connectivity index (χ3n) is 2.61. The van der Waals surface area contributed by atoms with Crippen molar-refractivity contribution in [2.45, 2.75) is 6.42 Å².